The van der Waals surface area contributed by atoms with Crippen LogP contribution in [0.1, 0.15) is 57.7 Å². The smallest absolute Gasteiger partial charge is 0.245 e. The number of nitrogens with zero attached hydrogens (tertiary/aromatic N) is 3. The van der Waals surface area contributed by atoms with Gasteiger partial charge in [0.1, 0.15) is 5.82 Å². The fraction of sp³-hybridized carbons (Fsp3) is 0.875. The van der Waals surface area contributed by atoms with Crippen molar-refractivity contribution in [2.45, 2.75) is 57.9 Å². The van der Waals surface area contributed by atoms with Gasteiger partial charge in [0, 0.05) is 31.6 Å². The summed E-state index contributed by atoms with van der Waals surface area (Å²) in [5.41, 5.74) is 0.357. The van der Waals surface area contributed by atoms with Crippen LogP contribution in [0.15, 0.2) is 0 Å². The highest BCUT2D eigenvalue weighted by Crippen LogP contribution is 2.47. The average Bonchev–Trinajstić information content (AvgIpc) is 3.15. The first-order valence-corrected chi connectivity index (χ1v) is 8.55. The minimum Gasteiger partial charge on any atom is -0.335 e. The third-order valence-corrected chi connectivity index (χ3v) is 6.01. The molecule has 2 aliphatic heterocycles. The molecule has 3 aliphatic rings. The topological polar surface area (TPSA) is 56.8 Å². The van der Waals surface area contributed by atoms with Crippen molar-refractivity contribution in [1.29, 1.82) is 0 Å². The first-order chi connectivity index (χ1) is 10.1. The van der Waals surface area contributed by atoms with E-state index in [4.69, 9.17) is 4.98 Å². The maximum Gasteiger partial charge on any atom is 0.245 e. The van der Waals surface area contributed by atoms with Crippen LogP contribution in [0.5, 0.6) is 0 Å². The molecule has 0 bridgehead atoms. The van der Waals surface area contributed by atoms with Crippen molar-refractivity contribution in [2.75, 3.05) is 24.5 Å². The second kappa shape index (κ2) is 4.97. The Balaban J connectivity index is 1.57. The van der Waals surface area contributed by atoms with Gasteiger partial charge in [0.05, 0.1) is 0 Å². The number of aromatic nitrogens is 3. The van der Waals surface area contributed by atoms with Crippen molar-refractivity contribution in [1.82, 2.24) is 20.5 Å². The zero-order chi connectivity index (χ0) is 14.4. The molecule has 5 nitrogen and oxygen atoms in total. The van der Waals surface area contributed by atoms with Crippen LogP contribution in [0.4, 0.5) is 5.95 Å². The molecule has 21 heavy (non-hydrogen) atoms. The summed E-state index contributed by atoms with van der Waals surface area (Å²) in [6.45, 7) is 8.08. The van der Waals surface area contributed by atoms with E-state index >= 15 is 0 Å². The Bertz CT molecular complexity index is 509. The van der Waals surface area contributed by atoms with Gasteiger partial charge in [0.2, 0.25) is 5.95 Å². The molecule has 0 aromatic carbocycles. The molecule has 1 aromatic heterocycles. The number of aromatic amines is 1. The maximum atomic E-state index is 4.90. The number of nitrogens with one attached hydrogen (secondary N) is 2. The third-order valence-electron chi connectivity index (χ3n) is 6.01. The van der Waals surface area contributed by atoms with Crippen molar-refractivity contribution in [3.8, 4) is 0 Å². The Morgan fingerprint density at radius 3 is 2.90 bits per heavy atom. The highest BCUT2D eigenvalue weighted by molar-refractivity contribution is 5.34. The lowest BCUT2D eigenvalue weighted by molar-refractivity contribution is 0.322. The van der Waals surface area contributed by atoms with E-state index in [-0.39, 0.29) is 0 Å². The first-order valence-electron chi connectivity index (χ1n) is 8.55. The number of anilines is 1. The van der Waals surface area contributed by atoms with Crippen molar-refractivity contribution in [3.63, 3.8) is 0 Å². The summed E-state index contributed by atoms with van der Waals surface area (Å²) in [4.78, 5) is 7.34. The van der Waals surface area contributed by atoms with Gasteiger partial charge in [-0.05, 0) is 37.0 Å². The van der Waals surface area contributed by atoms with E-state index in [1.807, 2.05) is 0 Å². The summed E-state index contributed by atoms with van der Waals surface area (Å²) < 4.78 is 0. The molecule has 1 aromatic rings. The van der Waals surface area contributed by atoms with Gasteiger partial charge in [-0.3, -0.25) is 5.10 Å². The van der Waals surface area contributed by atoms with Crippen LogP contribution < -0.4 is 10.2 Å². The molecule has 0 amide bonds. The van der Waals surface area contributed by atoms with Crippen LogP contribution in [-0.2, 0) is 0 Å². The normalized spacial score (nSPS) is 35.1. The molecular weight excluding hydrogens is 262 g/mol. The SMILES string of the molecule is CC1(C)CCCC1c1nc(N2CCCC3CNCC32)n[nH]1. The predicted octanol–water partition coefficient (Wildman–Crippen LogP) is 2.29. The molecule has 3 unspecified atom stereocenters. The second-order valence-electron chi connectivity index (χ2n) is 7.78. The maximum absolute atomic E-state index is 4.90. The van der Waals surface area contributed by atoms with Crippen LogP contribution in [-0.4, -0.2) is 40.9 Å². The Labute approximate surface area is 126 Å². The average molecular weight is 289 g/mol. The van der Waals surface area contributed by atoms with E-state index in [0.717, 1.165) is 37.3 Å². The molecule has 3 fully saturated rings. The molecule has 3 atom stereocenters. The lowest BCUT2D eigenvalue weighted by Gasteiger charge is -2.36. The van der Waals surface area contributed by atoms with E-state index in [1.165, 1.54) is 32.1 Å². The summed E-state index contributed by atoms with van der Waals surface area (Å²) in [6, 6.07) is 0.596. The minimum atomic E-state index is 0.357. The molecule has 3 heterocycles. The molecule has 2 saturated heterocycles. The van der Waals surface area contributed by atoms with Gasteiger partial charge < -0.3 is 10.2 Å². The number of hydrogen-bond donors (Lipinski definition) is 2. The number of fused-ring (bicyclic) bond motifs is 1. The highest BCUT2D eigenvalue weighted by Gasteiger charge is 2.40. The largest absolute Gasteiger partial charge is 0.335 e. The Morgan fingerprint density at radius 2 is 2.10 bits per heavy atom. The minimum absolute atomic E-state index is 0.357. The van der Waals surface area contributed by atoms with Crippen LogP contribution >= 0.6 is 0 Å². The Hall–Kier alpha value is -1.10. The van der Waals surface area contributed by atoms with Crippen molar-refractivity contribution >= 4 is 5.95 Å². The molecule has 5 heteroatoms. The summed E-state index contributed by atoms with van der Waals surface area (Å²) in [7, 11) is 0. The summed E-state index contributed by atoms with van der Waals surface area (Å²) in [6.07, 6.45) is 6.47. The molecule has 0 spiro atoms. The van der Waals surface area contributed by atoms with Crippen LogP contribution in [0, 0.1) is 11.3 Å². The molecule has 2 N–H and O–H groups in total. The molecule has 0 radical (unpaired) electrons. The summed E-state index contributed by atoms with van der Waals surface area (Å²) in [5, 5.41) is 11.4. The zero-order valence-corrected chi connectivity index (χ0v) is 13.2. The number of piperidine rings is 1. The highest BCUT2D eigenvalue weighted by atomic mass is 15.4. The second-order valence-corrected chi connectivity index (χ2v) is 7.78. The van der Waals surface area contributed by atoms with Gasteiger partial charge >= 0.3 is 0 Å². The molecule has 116 valence electrons. The molecule has 1 saturated carbocycles. The van der Waals surface area contributed by atoms with Gasteiger partial charge in [-0.25, -0.2) is 0 Å². The summed E-state index contributed by atoms with van der Waals surface area (Å²) >= 11 is 0. The quantitative estimate of drug-likeness (QED) is 0.877. The van der Waals surface area contributed by atoms with E-state index < -0.39 is 0 Å². The van der Waals surface area contributed by atoms with Crippen LogP contribution in [0.2, 0.25) is 0 Å². The van der Waals surface area contributed by atoms with Gasteiger partial charge in [-0.1, -0.05) is 20.3 Å². The first kappa shape index (κ1) is 13.6. The lowest BCUT2D eigenvalue weighted by Crippen LogP contribution is -2.45. The van der Waals surface area contributed by atoms with Crippen molar-refractivity contribution in [3.05, 3.63) is 5.82 Å². The molecular formula is C16H27N5. The predicted molar refractivity (Wildman–Crippen MR) is 83.5 cm³/mol. The molecule has 1 aliphatic carbocycles. The van der Waals surface area contributed by atoms with Crippen LogP contribution in [0.3, 0.4) is 0 Å². The van der Waals surface area contributed by atoms with Crippen molar-refractivity contribution in [2.24, 2.45) is 11.3 Å². The number of hydrogen-bond acceptors (Lipinski definition) is 4. The van der Waals surface area contributed by atoms with E-state index in [2.05, 4.69) is 34.3 Å². The fourth-order valence-electron chi connectivity index (χ4n) is 4.70. The van der Waals surface area contributed by atoms with Crippen LogP contribution in [0.25, 0.3) is 0 Å². The Morgan fingerprint density at radius 1 is 1.19 bits per heavy atom. The standard InChI is InChI=1S/C16H27N5/c1-16(2)7-3-6-12(16)14-18-15(20-19-14)21-8-4-5-11-9-17-10-13(11)21/h11-13,17H,3-10H2,1-2H3,(H,18,19,20). The van der Waals surface area contributed by atoms with Gasteiger partial charge in [0.15, 0.2) is 0 Å². The van der Waals surface area contributed by atoms with E-state index in [0.29, 0.717) is 17.4 Å². The zero-order valence-electron chi connectivity index (χ0n) is 13.2. The number of rotatable bonds is 2. The summed E-state index contributed by atoms with van der Waals surface area (Å²) in [5.74, 6) is 3.37. The van der Waals surface area contributed by atoms with E-state index in [1.54, 1.807) is 0 Å². The molecule has 4 rings (SSSR count). The fourth-order valence-corrected chi connectivity index (χ4v) is 4.70. The van der Waals surface area contributed by atoms with Gasteiger partial charge in [-0.2, -0.15) is 4.98 Å². The van der Waals surface area contributed by atoms with Gasteiger partial charge in [0.25, 0.3) is 0 Å². The third kappa shape index (κ3) is 2.26. The number of H-pyrrole nitrogens is 1. The van der Waals surface area contributed by atoms with E-state index in [9.17, 15) is 0 Å². The van der Waals surface area contributed by atoms with Gasteiger partial charge in [-0.15, -0.1) is 5.10 Å². The Kier molecular flexibility index (Phi) is 3.21. The monoisotopic (exact) mass is 289 g/mol. The lowest BCUT2D eigenvalue weighted by atomic mass is 9.81. The van der Waals surface area contributed by atoms with Crippen molar-refractivity contribution < 1.29 is 0 Å².